The van der Waals surface area contributed by atoms with Gasteiger partial charge in [-0.1, -0.05) is 40.0 Å². The summed E-state index contributed by atoms with van der Waals surface area (Å²) in [6.45, 7) is 5.39. The van der Waals surface area contributed by atoms with Crippen LogP contribution in [0.4, 0.5) is 0 Å². The molecule has 0 spiro atoms. The van der Waals surface area contributed by atoms with Crippen molar-refractivity contribution in [2.45, 2.75) is 52.1 Å². The van der Waals surface area contributed by atoms with E-state index in [0.29, 0.717) is 5.92 Å². The minimum Gasteiger partial charge on any atom is -0.479 e. The summed E-state index contributed by atoms with van der Waals surface area (Å²) < 4.78 is 0. The quantitative estimate of drug-likeness (QED) is 0.738. The molecule has 0 amide bonds. The van der Waals surface area contributed by atoms with Crippen LogP contribution >= 0.6 is 0 Å². The van der Waals surface area contributed by atoms with Crippen LogP contribution in [0, 0.1) is 17.8 Å². The topological polar surface area (TPSA) is 57.5 Å². The smallest absolute Gasteiger partial charge is 0.336 e. The summed E-state index contributed by atoms with van der Waals surface area (Å²) in [6.07, 6.45) is 4.47. The molecule has 0 aromatic rings. The van der Waals surface area contributed by atoms with Gasteiger partial charge in [0.15, 0.2) is 5.60 Å². The summed E-state index contributed by atoms with van der Waals surface area (Å²) in [7, 11) is 0. The number of carboxylic acids is 1. The number of carbonyl (C=O) groups is 1. The van der Waals surface area contributed by atoms with Gasteiger partial charge in [-0.15, -0.1) is 0 Å². The molecule has 2 N–H and O–H groups in total. The van der Waals surface area contributed by atoms with Crippen LogP contribution in [0.2, 0.25) is 0 Å². The van der Waals surface area contributed by atoms with Crippen LogP contribution in [0.1, 0.15) is 46.5 Å². The fourth-order valence-corrected chi connectivity index (χ4v) is 2.43. The van der Waals surface area contributed by atoms with E-state index in [-0.39, 0.29) is 11.8 Å². The van der Waals surface area contributed by atoms with Gasteiger partial charge in [-0.2, -0.15) is 0 Å². The first-order valence-electron chi connectivity index (χ1n) is 5.84. The first-order chi connectivity index (χ1) is 6.89. The van der Waals surface area contributed by atoms with Crippen molar-refractivity contribution in [1.29, 1.82) is 0 Å². The summed E-state index contributed by atoms with van der Waals surface area (Å²) in [6, 6.07) is 0. The number of carboxylic acid groups (broad SMARTS) is 1. The van der Waals surface area contributed by atoms with E-state index >= 15 is 0 Å². The first-order valence-corrected chi connectivity index (χ1v) is 5.84. The van der Waals surface area contributed by atoms with Crippen LogP contribution in [-0.4, -0.2) is 21.8 Å². The van der Waals surface area contributed by atoms with Gasteiger partial charge >= 0.3 is 5.97 Å². The Morgan fingerprint density at radius 1 is 1.40 bits per heavy atom. The fraction of sp³-hybridized carbons (Fsp3) is 0.917. The summed E-state index contributed by atoms with van der Waals surface area (Å²) in [5.41, 5.74) is -1.56. The number of aliphatic carboxylic acids is 1. The van der Waals surface area contributed by atoms with Crippen molar-refractivity contribution in [2.75, 3.05) is 0 Å². The number of hydrogen-bond acceptors (Lipinski definition) is 2. The molecule has 1 rings (SSSR count). The van der Waals surface area contributed by atoms with Gasteiger partial charge < -0.3 is 10.2 Å². The molecule has 2 unspecified atom stereocenters. The number of aliphatic hydroxyl groups is 1. The highest BCUT2D eigenvalue weighted by molar-refractivity contribution is 5.77. The van der Waals surface area contributed by atoms with Gasteiger partial charge in [0.05, 0.1) is 0 Å². The summed E-state index contributed by atoms with van der Waals surface area (Å²) >= 11 is 0. The Labute approximate surface area is 91.5 Å². The minimum atomic E-state index is -1.56. The second-order valence-electron chi connectivity index (χ2n) is 5.22. The lowest BCUT2D eigenvalue weighted by molar-refractivity contribution is -0.172. The standard InChI is InChI=1S/C12H22O3/c1-8(2)12(15,11(13)14)9(3)7-10-5-4-6-10/h8-10,15H,4-7H2,1-3H3,(H,13,14). The molecule has 0 aromatic carbocycles. The highest BCUT2D eigenvalue weighted by Crippen LogP contribution is 2.38. The first kappa shape index (κ1) is 12.5. The van der Waals surface area contributed by atoms with Crippen molar-refractivity contribution in [2.24, 2.45) is 17.8 Å². The van der Waals surface area contributed by atoms with Crippen LogP contribution in [0.5, 0.6) is 0 Å². The van der Waals surface area contributed by atoms with Gasteiger partial charge in [0, 0.05) is 0 Å². The summed E-state index contributed by atoms with van der Waals surface area (Å²) in [4.78, 5) is 11.1. The number of hydrogen-bond donors (Lipinski definition) is 2. The zero-order chi connectivity index (χ0) is 11.6. The second-order valence-corrected chi connectivity index (χ2v) is 5.22. The van der Waals surface area contributed by atoms with Crippen molar-refractivity contribution >= 4 is 5.97 Å². The van der Waals surface area contributed by atoms with E-state index in [0.717, 1.165) is 6.42 Å². The SMILES string of the molecule is CC(C)C(O)(C(=O)O)C(C)CC1CCC1. The maximum Gasteiger partial charge on any atom is 0.336 e. The van der Waals surface area contributed by atoms with E-state index in [2.05, 4.69) is 0 Å². The molecule has 0 aliphatic heterocycles. The summed E-state index contributed by atoms with van der Waals surface area (Å²) in [5.74, 6) is -0.862. The third kappa shape index (κ3) is 2.33. The molecule has 1 aliphatic rings. The minimum absolute atomic E-state index is 0.166. The Balaban J connectivity index is 2.65. The van der Waals surface area contributed by atoms with Crippen LogP contribution in [0.15, 0.2) is 0 Å². The number of rotatable bonds is 5. The molecule has 3 heteroatoms. The van der Waals surface area contributed by atoms with Gasteiger partial charge in [-0.25, -0.2) is 4.79 Å². The Morgan fingerprint density at radius 2 is 1.93 bits per heavy atom. The van der Waals surface area contributed by atoms with Crippen molar-refractivity contribution in [3.8, 4) is 0 Å². The highest BCUT2D eigenvalue weighted by atomic mass is 16.4. The van der Waals surface area contributed by atoms with E-state index < -0.39 is 11.6 Å². The third-order valence-corrected chi connectivity index (χ3v) is 3.89. The predicted molar refractivity (Wildman–Crippen MR) is 58.5 cm³/mol. The Kier molecular flexibility index (Phi) is 3.77. The van der Waals surface area contributed by atoms with Gasteiger partial charge in [0.25, 0.3) is 0 Å². The molecule has 2 atom stereocenters. The average Bonchev–Trinajstić information content (AvgIpc) is 2.08. The van der Waals surface area contributed by atoms with Crippen molar-refractivity contribution in [3.05, 3.63) is 0 Å². The van der Waals surface area contributed by atoms with E-state index in [1.165, 1.54) is 19.3 Å². The van der Waals surface area contributed by atoms with Crippen LogP contribution in [-0.2, 0) is 4.79 Å². The molecule has 1 fully saturated rings. The molecule has 0 heterocycles. The van der Waals surface area contributed by atoms with E-state index in [9.17, 15) is 9.90 Å². The Morgan fingerprint density at radius 3 is 2.20 bits per heavy atom. The second kappa shape index (κ2) is 4.52. The van der Waals surface area contributed by atoms with Crippen LogP contribution in [0.25, 0.3) is 0 Å². The van der Waals surface area contributed by atoms with Crippen molar-refractivity contribution in [3.63, 3.8) is 0 Å². The van der Waals surface area contributed by atoms with Gasteiger partial charge in [-0.3, -0.25) is 0 Å². The fourth-order valence-electron chi connectivity index (χ4n) is 2.43. The molecule has 1 saturated carbocycles. The van der Waals surface area contributed by atoms with Gasteiger partial charge in [0.2, 0.25) is 0 Å². The lowest BCUT2D eigenvalue weighted by Crippen LogP contribution is -2.50. The van der Waals surface area contributed by atoms with Gasteiger partial charge in [0.1, 0.15) is 0 Å². The molecule has 0 aromatic heterocycles. The molecule has 0 radical (unpaired) electrons. The Bertz CT molecular complexity index is 233. The average molecular weight is 214 g/mol. The maximum absolute atomic E-state index is 11.1. The molecular weight excluding hydrogens is 192 g/mol. The van der Waals surface area contributed by atoms with Crippen LogP contribution < -0.4 is 0 Å². The van der Waals surface area contributed by atoms with Crippen molar-refractivity contribution in [1.82, 2.24) is 0 Å². The lowest BCUT2D eigenvalue weighted by atomic mass is 9.71. The largest absolute Gasteiger partial charge is 0.479 e. The van der Waals surface area contributed by atoms with E-state index in [1.807, 2.05) is 6.92 Å². The molecule has 1 aliphatic carbocycles. The third-order valence-electron chi connectivity index (χ3n) is 3.89. The van der Waals surface area contributed by atoms with Crippen molar-refractivity contribution < 1.29 is 15.0 Å². The molecular formula is C12H22O3. The molecule has 15 heavy (non-hydrogen) atoms. The zero-order valence-electron chi connectivity index (χ0n) is 9.86. The zero-order valence-corrected chi connectivity index (χ0v) is 9.86. The lowest BCUT2D eigenvalue weighted by Gasteiger charge is -2.37. The highest BCUT2D eigenvalue weighted by Gasteiger charge is 2.45. The Hall–Kier alpha value is -0.570. The normalized spacial score (nSPS) is 23.3. The van der Waals surface area contributed by atoms with E-state index in [1.54, 1.807) is 13.8 Å². The van der Waals surface area contributed by atoms with Gasteiger partial charge in [-0.05, 0) is 24.2 Å². The molecule has 0 bridgehead atoms. The maximum atomic E-state index is 11.1. The predicted octanol–water partition coefficient (Wildman–Crippen LogP) is 2.28. The monoisotopic (exact) mass is 214 g/mol. The molecule has 88 valence electrons. The molecule has 0 saturated heterocycles. The van der Waals surface area contributed by atoms with E-state index in [4.69, 9.17) is 5.11 Å². The molecule has 3 nitrogen and oxygen atoms in total. The summed E-state index contributed by atoms with van der Waals surface area (Å²) in [5, 5.41) is 19.3. The van der Waals surface area contributed by atoms with Crippen LogP contribution in [0.3, 0.4) is 0 Å².